The van der Waals surface area contributed by atoms with E-state index in [1.807, 2.05) is 19.1 Å². The first-order valence-corrected chi connectivity index (χ1v) is 11.0. The molecule has 1 fully saturated rings. The van der Waals surface area contributed by atoms with Gasteiger partial charge in [0, 0.05) is 31.6 Å². The third-order valence-electron chi connectivity index (χ3n) is 5.52. The Labute approximate surface area is 156 Å². The fourth-order valence-electron chi connectivity index (χ4n) is 3.80. The molecule has 1 aliphatic carbocycles. The highest BCUT2D eigenvalue weighted by molar-refractivity contribution is 7.89. The van der Waals surface area contributed by atoms with Crippen LogP contribution in [0.25, 0.3) is 0 Å². The number of hydrogen-bond acceptors (Lipinski definition) is 4. The van der Waals surface area contributed by atoms with Gasteiger partial charge in [-0.1, -0.05) is 6.07 Å². The van der Waals surface area contributed by atoms with Crippen LogP contribution >= 0.6 is 0 Å². The minimum absolute atomic E-state index is 0.0196. The van der Waals surface area contributed by atoms with E-state index in [1.165, 1.54) is 21.9 Å². The van der Waals surface area contributed by atoms with E-state index in [0.29, 0.717) is 37.4 Å². The summed E-state index contributed by atoms with van der Waals surface area (Å²) in [7, 11) is -3.49. The average molecular weight is 380 g/mol. The monoisotopic (exact) mass is 379 g/mol. The second kappa shape index (κ2) is 8.06. The van der Waals surface area contributed by atoms with Crippen LogP contribution in [0, 0.1) is 5.92 Å². The molecule has 0 bridgehead atoms. The Hall–Kier alpha value is -1.44. The van der Waals surface area contributed by atoms with Gasteiger partial charge in [0.05, 0.1) is 4.90 Å². The lowest BCUT2D eigenvalue weighted by Crippen LogP contribution is -2.46. The molecule has 1 aliphatic heterocycles. The summed E-state index contributed by atoms with van der Waals surface area (Å²) in [5, 5.41) is 2.89. The second-order valence-corrected chi connectivity index (χ2v) is 9.40. The van der Waals surface area contributed by atoms with Crippen LogP contribution in [0.15, 0.2) is 23.1 Å². The van der Waals surface area contributed by atoms with Crippen LogP contribution in [0.4, 0.5) is 0 Å². The third kappa shape index (κ3) is 4.10. The van der Waals surface area contributed by atoms with Crippen LogP contribution < -0.4 is 11.1 Å². The summed E-state index contributed by atoms with van der Waals surface area (Å²) in [6.45, 7) is 3.04. The summed E-state index contributed by atoms with van der Waals surface area (Å²) in [6, 6.07) is 5.50. The van der Waals surface area contributed by atoms with Crippen molar-refractivity contribution < 1.29 is 13.2 Å². The molecule has 0 aromatic heterocycles. The SMILES string of the molecule is C[C@@H](CN)NC(=O)C1CCN(S(=O)(=O)c2ccc3c(c2)CCCC3)CC1. The molecule has 1 heterocycles. The predicted octanol–water partition coefficient (Wildman–Crippen LogP) is 1.43. The number of nitrogens with one attached hydrogen (secondary N) is 1. The first kappa shape index (κ1) is 19.3. The summed E-state index contributed by atoms with van der Waals surface area (Å²) in [5.74, 6) is -0.159. The average Bonchev–Trinajstić information content (AvgIpc) is 2.67. The second-order valence-electron chi connectivity index (χ2n) is 7.46. The fraction of sp³-hybridized carbons (Fsp3) is 0.632. The predicted molar refractivity (Wildman–Crippen MR) is 101 cm³/mol. The van der Waals surface area contributed by atoms with Crippen LogP contribution in [0.3, 0.4) is 0 Å². The molecule has 26 heavy (non-hydrogen) atoms. The van der Waals surface area contributed by atoms with Gasteiger partial charge in [0.2, 0.25) is 15.9 Å². The van der Waals surface area contributed by atoms with E-state index < -0.39 is 10.0 Å². The number of aryl methyl sites for hydroxylation is 2. The molecule has 0 saturated carbocycles. The highest BCUT2D eigenvalue weighted by atomic mass is 32.2. The molecular weight excluding hydrogens is 350 g/mol. The van der Waals surface area contributed by atoms with E-state index in [0.717, 1.165) is 19.3 Å². The van der Waals surface area contributed by atoms with E-state index in [9.17, 15) is 13.2 Å². The molecule has 3 rings (SSSR count). The maximum atomic E-state index is 13.0. The maximum Gasteiger partial charge on any atom is 0.243 e. The quantitative estimate of drug-likeness (QED) is 0.809. The highest BCUT2D eigenvalue weighted by Crippen LogP contribution is 2.28. The van der Waals surface area contributed by atoms with Gasteiger partial charge >= 0.3 is 0 Å². The molecule has 1 aromatic rings. The van der Waals surface area contributed by atoms with Gasteiger partial charge in [-0.25, -0.2) is 8.42 Å². The van der Waals surface area contributed by atoms with Gasteiger partial charge in [-0.2, -0.15) is 4.31 Å². The number of carbonyl (C=O) groups excluding carboxylic acids is 1. The molecule has 144 valence electrons. The van der Waals surface area contributed by atoms with Crippen molar-refractivity contribution in [2.45, 2.75) is 56.4 Å². The van der Waals surface area contributed by atoms with Crippen LogP contribution in [0.1, 0.15) is 43.7 Å². The van der Waals surface area contributed by atoms with Crippen LogP contribution in [0.5, 0.6) is 0 Å². The van der Waals surface area contributed by atoms with E-state index in [2.05, 4.69) is 5.32 Å². The van der Waals surface area contributed by atoms with Crippen molar-refractivity contribution in [2.75, 3.05) is 19.6 Å². The van der Waals surface area contributed by atoms with Crippen molar-refractivity contribution in [1.29, 1.82) is 0 Å². The lowest BCUT2D eigenvalue weighted by Gasteiger charge is -2.31. The zero-order valence-electron chi connectivity index (χ0n) is 15.4. The number of sulfonamides is 1. The molecule has 0 spiro atoms. The summed E-state index contributed by atoms with van der Waals surface area (Å²) in [4.78, 5) is 12.6. The van der Waals surface area contributed by atoms with Crippen molar-refractivity contribution >= 4 is 15.9 Å². The number of nitrogens with two attached hydrogens (primary N) is 1. The minimum atomic E-state index is -3.49. The van der Waals surface area contributed by atoms with Crippen LogP contribution in [0.2, 0.25) is 0 Å². The number of nitrogens with zero attached hydrogens (tertiary/aromatic N) is 1. The molecule has 1 aromatic carbocycles. The van der Waals surface area contributed by atoms with Crippen molar-refractivity contribution in [1.82, 2.24) is 9.62 Å². The zero-order chi connectivity index (χ0) is 18.7. The number of piperidine rings is 1. The molecule has 3 N–H and O–H groups in total. The Morgan fingerprint density at radius 3 is 2.54 bits per heavy atom. The van der Waals surface area contributed by atoms with Gasteiger partial charge in [0.1, 0.15) is 0 Å². The molecule has 1 saturated heterocycles. The van der Waals surface area contributed by atoms with Gasteiger partial charge in [0.15, 0.2) is 0 Å². The van der Waals surface area contributed by atoms with Gasteiger partial charge < -0.3 is 11.1 Å². The summed E-state index contributed by atoms with van der Waals surface area (Å²) in [5.41, 5.74) is 7.99. The molecule has 7 heteroatoms. The van der Waals surface area contributed by atoms with Gasteiger partial charge in [-0.05, 0) is 68.7 Å². The van der Waals surface area contributed by atoms with Crippen LogP contribution in [-0.2, 0) is 27.7 Å². The van der Waals surface area contributed by atoms with Crippen molar-refractivity contribution in [3.8, 4) is 0 Å². The number of amides is 1. The number of rotatable bonds is 5. The Morgan fingerprint density at radius 2 is 1.88 bits per heavy atom. The number of benzene rings is 1. The standard InChI is InChI=1S/C19H29N3O3S/c1-14(13-20)21-19(23)16-8-10-22(11-9-16)26(24,25)18-7-6-15-4-2-3-5-17(15)12-18/h6-7,12,14,16H,2-5,8-11,13,20H2,1H3,(H,21,23)/t14-/m0/s1. The summed E-state index contributed by atoms with van der Waals surface area (Å²) < 4.78 is 27.5. The minimum Gasteiger partial charge on any atom is -0.352 e. The molecule has 1 atom stereocenters. The summed E-state index contributed by atoms with van der Waals surface area (Å²) >= 11 is 0. The largest absolute Gasteiger partial charge is 0.352 e. The van der Waals surface area contributed by atoms with Crippen molar-refractivity contribution in [2.24, 2.45) is 11.7 Å². The van der Waals surface area contributed by atoms with E-state index in [4.69, 9.17) is 5.73 Å². The van der Waals surface area contributed by atoms with Gasteiger partial charge in [-0.15, -0.1) is 0 Å². The third-order valence-corrected chi connectivity index (χ3v) is 7.42. The van der Waals surface area contributed by atoms with Gasteiger partial charge in [0.25, 0.3) is 0 Å². The number of fused-ring (bicyclic) bond motifs is 1. The van der Waals surface area contributed by atoms with E-state index in [-0.39, 0.29) is 17.9 Å². The zero-order valence-corrected chi connectivity index (χ0v) is 16.2. The fourth-order valence-corrected chi connectivity index (χ4v) is 5.32. The lowest BCUT2D eigenvalue weighted by molar-refractivity contribution is -0.126. The Kier molecular flexibility index (Phi) is 5.99. The lowest BCUT2D eigenvalue weighted by atomic mass is 9.92. The summed E-state index contributed by atoms with van der Waals surface area (Å²) in [6.07, 6.45) is 5.40. The Balaban J connectivity index is 1.66. The number of carbonyl (C=O) groups is 1. The molecule has 6 nitrogen and oxygen atoms in total. The van der Waals surface area contributed by atoms with E-state index in [1.54, 1.807) is 6.07 Å². The van der Waals surface area contributed by atoms with E-state index >= 15 is 0 Å². The Bertz CT molecular complexity index is 755. The smallest absolute Gasteiger partial charge is 0.243 e. The van der Waals surface area contributed by atoms with Crippen LogP contribution in [-0.4, -0.2) is 44.3 Å². The highest BCUT2D eigenvalue weighted by Gasteiger charge is 2.32. The molecule has 0 radical (unpaired) electrons. The Morgan fingerprint density at radius 1 is 1.23 bits per heavy atom. The van der Waals surface area contributed by atoms with Crippen molar-refractivity contribution in [3.63, 3.8) is 0 Å². The maximum absolute atomic E-state index is 13.0. The first-order valence-electron chi connectivity index (χ1n) is 9.54. The molecule has 0 unspecified atom stereocenters. The first-order chi connectivity index (χ1) is 12.4. The normalized spacial score (nSPS) is 20.4. The van der Waals surface area contributed by atoms with Gasteiger partial charge in [-0.3, -0.25) is 4.79 Å². The molecule has 1 amide bonds. The molecule has 2 aliphatic rings. The topological polar surface area (TPSA) is 92.5 Å². The van der Waals surface area contributed by atoms with Crippen molar-refractivity contribution in [3.05, 3.63) is 29.3 Å². The number of hydrogen-bond donors (Lipinski definition) is 2. The molecular formula is C19H29N3O3S.